The third-order valence-electron chi connectivity index (χ3n) is 6.06. The molecular weight excluding hydrogens is 224 g/mol. The van der Waals surface area contributed by atoms with Gasteiger partial charge in [0.25, 0.3) is 0 Å². The minimum Gasteiger partial charge on any atom is -0.377 e. The smallest absolute Gasteiger partial charge is 0.158 e. The van der Waals surface area contributed by atoms with Crippen molar-refractivity contribution >= 4 is 5.78 Å². The van der Waals surface area contributed by atoms with E-state index in [4.69, 9.17) is 4.74 Å². The van der Waals surface area contributed by atoms with Gasteiger partial charge in [0.1, 0.15) is 0 Å². The lowest BCUT2D eigenvalue weighted by atomic mass is 9.66. The average molecular weight is 246 g/mol. The number of carbonyl (C=O) groups is 1. The molecule has 98 valence electrons. The maximum absolute atomic E-state index is 12.4. The van der Waals surface area contributed by atoms with Gasteiger partial charge in [0, 0.05) is 18.9 Å². The second-order valence-corrected chi connectivity index (χ2v) is 6.82. The first-order valence-electron chi connectivity index (χ1n) is 7.54. The van der Waals surface area contributed by atoms with Crippen LogP contribution in [0, 0.1) is 23.7 Å². The van der Waals surface area contributed by atoms with Crippen molar-refractivity contribution in [2.45, 2.75) is 50.5 Å². The molecule has 0 radical (unpaired) electrons. The molecule has 2 bridgehead atoms. The van der Waals surface area contributed by atoms with Crippen molar-refractivity contribution in [1.82, 2.24) is 0 Å². The molecule has 3 fully saturated rings. The van der Waals surface area contributed by atoms with Gasteiger partial charge in [0.05, 0.1) is 5.60 Å². The number of fused-ring (bicyclic) bond motifs is 6. The van der Waals surface area contributed by atoms with Gasteiger partial charge in [-0.05, 0) is 56.4 Å². The molecule has 2 nitrogen and oxygen atoms in total. The predicted octanol–water partition coefficient (Wildman–Crippen LogP) is 3.12. The van der Waals surface area contributed by atoms with Gasteiger partial charge in [-0.1, -0.05) is 12.0 Å². The quantitative estimate of drug-likeness (QED) is 0.710. The van der Waals surface area contributed by atoms with E-state index in [-0.39, 0.29) is 11.5 Å². The minimum atomic E-state index is 0.0198. The van der Waals surface area contributed by atoms with Crippen LogP contribution in [0.3, 0.4) is 0 Å². The van der Waals surface area contributed by atoms with Crippen LogP contribution in [0.1, 0.15) is 44.9 Å². The summed E-state index contributed by atoms with van der Waals surface area (Å²) in [6.07, 6.45) is 10.4. The van der Waals surface area contributed by atoms with Crippen LogP contribution in [-0.2, 0) is 9.53 Å². The lowest BCUT2D eigenvalue weighted by Crippen LogP contribution is -2.47. The molecule has 0 spiro atoms. The Hall–Kier alpha value is -0.630. The Balaban J connectivity index is 1.81. The highest BCUT2D eigenvalue weighted by Crippen LogP contribution is 2.63. The molecule has 3 saturated carbocycles. The van der Waals surface area contributed by atoms with Crippen LogP contribution in [-0.4, -0.2) is 18.5 Å². The van der Waals surface area contributed by atoms with Gasteiger partial charge in [-0.3, -0.25) is 4.79 Å². The van der Waals surface area contributed by atoms with Gasteiger partial charge in [-0.25, -0.2) is 0 Å². The third kappa shape index (κ3) is 1.36. The van der Waals surface area contributed by atoms with Gasteiger partial charge >= 0.3 is 0 Å². The van der Waals surface area contributed by atoms with Crippen molar-refractivity contribution in [3.8, 4) is 0 Å². The van der Waals surface area contributed by atoms with E-state index in [1.165, 1.54) is 31.3 Å². The fraction of sp³-hybridized carbons (Fsp3) is 0.812. The zero-order valence-corrected chi connectivity index (χ0v) is 11.2. The minimum absolute atomic E-state index is 0.0198. The van der Waals surface area contributed by atoms with Gasteiger partial charge in [0.2, 0.25) is 0 Å². The normalized spacial score (nSPS) is 49.8. The van der Waals surface area contributed by atoms with Crippen LogP contribution in [0.2, 0.25) is 0 Å². The standard InChI is InChI=1S/C16H22O2/c1-18-16-9-12(6-11-7-14(11)16)15(17)8-10-4-2-3-5-13(10)16/h8,11-14H,2-7,9H2,1H3/t11-,12-,13-,14+,16+/m0/s1. The molecule has 4 rings (SSSR count). The summed E-state index contributed by atoms with van der Waals surface area (Å²) in [4.78, 5) is 12.4. The molecule has 0 amide bonds. The summed E-state index contributed by atoms with van der Waals surface area (Å²) in [5, 5.41) is 0. The van der Waals surface area contributed by atoms with Crippen molar-refractivity contribution in [2.75, 3.05) is 7.11 Å². The van der Waals surface area contributed by atoms with E-state index in [2.05, 4.69) is 0 Å². The van der Waals surface area contributed by atoms with Gasteiger partial charge in [0.15, 0.2) is 5.78 Å². The van der Waals surface area contributed by atoms with Crippen LogP contribution in [0.4, 0.5) is 0 Å². The predicted molar refractivity (Wildman–Crippen MR) is 69.1 cm³/mol. The highest BCUT2D eigenvalue weighted by atomic mass is 16.5. The van der Waals surface area contributed by atoms with Crippen molar-refractivity contribution in [1.29, 1.82) is 0 Å². The number of hydrogen-bond acceptors (Lipinski definition) is 2. The lowest BCUT2D eigenvalue weighted by molar-refractivity contribution is -0.129. The summed E-state index contributed by atoms with van der Waals surface area (Å²) in [6.45, 7) is 0. The van der Waals surface area contributed by atoms with Crippen LogP contribution in [0.5, 0.6) is 0 Å². The first-order chi connectivity index (χ1) is 8.74. The molecule has 0 aliphatic heterocycles. The molecule has 4 aliphatic rings. The number of ketones is 1. The van der Waals surface area contributed by atoms with Crippen molar-refractivity contribution in [2.24, 2.45) is 23.7 Å². The van der Waals surface area contributed by atoms with Crippen LogP contribution >= 0.6 is 0 Å². The maximum Gasteiger partial charge on any atom is 0.158 e. The topological polar surface area (TPSA) is 26.3 Å². The summed E-state index contributed by atoms with van der Waals surface area (Å²) in [7, 11) is 1.89. The number of methoxy groups -OCH3 is 1. The summed E-state index contributed by atoms with van der Waals surface area (Å²) in [5.41, 5.74) is 1.44. The highest BCUT2D eigenvalue weighted by molar-refractivity contribution is 5.93. The Bertz CT molecular complexity index is 425. The molecule has 0 saturated heterocycles. The second-order valence-electron chi connectivity index (χ2n) is 6.82. The van der Waals surface area contributed by atoms with E-state index < -0.39 is 0 Å². The Morgan fingerprint density at radius 3 is 3.06 bits per heavy atom. The fourth-order valence-electron chi connectivity index (χ4n) is 5.15. The molecule has 0 aromatic carbocycles. The zero-order valence-electron chi connectivity index (χ0n) is 11.2. The Morgan fingerprint density at radius 1 is 1.33 bits per heavy atom. The Morgan fingerprint density at radius 2 is 2.22 bits per heavy atom. The molecule has 4 aliphatic carbocycles. The first-order valence-corrected chi connectivity index (χ1v) is 7.54. The monoisotopic (exact) mass is 246 g/mol. The van der Waals surface area contributed by atoms with E-state index in [1.807, 2.05) is 13.2 Å². The molecule has 18 heavy (non-hydrogen) atoms. The lowest BCUT2D eigenvalue weighted by Gasteiger charge is -2.45. The van der Waals surface area contributed by atoms with E-state index in [0.29, 0.717) is 11.7 Å². The van der Waals surface area contributed by atoms with Crippen molar-refractivity contribution in [3.05, 3.63) is 11.6 Å². The Kier molecular flexibility index (Phi) is 2.30. The molecule has 0 unspecified atom stereocenters. The second kappa shape index (κ2) is 3.69. The number of ether oxygens (including phenoxy) is 1. The number of hydrogen-bond donors (Lipinski definition) is 0. The fourth-order valence-corrected chi connectivity index (χ4v) is 5.15. The molecule has 0 N–H and O–H groups in total. The van der Waals surface area contributed by atoms with Gasteiger partial charge < -0.3 is 4.74 Å². The highest BCUT2D eigenvalue weighted by Gasteiger charge is 2.63. The van der Waals surface area contributed by atoms with Crippen molar-refractivity contribution in [3.63, 3.8) is 0 Å². The summed E-state index contributed by atoms with van der Waals surface area (Å²) < 4.78 is 6.11. The van der Waals surface area contributed by atoms with Gasteiger partial charge in [-0.2, -0.15) is 0 Å². The molecular formula is C16H22O2. The van der Waals surface area contributed by atoms with Crippen LogP contribution < -0.4 is 0 Å². The van der Waals surface area contributed by atoms with Crippen molar-refractivity contribution < 1.29 is 9.53 Å². The van der Waals surface area contributed by atoms with Gasteiger partial charge in [-0.15, -0.1) is 0 Å². The molecule has 0 heterocycles. The average Bonchev–Trinajstić information content (AvgIpc) is 3.18. The number of carbonyl (C=O) groups excluding carboxylic acids is 1. The molecule has 5 atom stereocenters. The third-order valence-corrected chi connectivity index (χ3v) is 6.06. The van der Waals surface area contributed by atoms with E-state index in [0.717, 1.165) is 31.1 Å². The summed E-state index contributed by atoms with van der Waals surface area (Å²) in [5.74, 6) is 2.73. The SMILES string of the molecule is CO[C@@]12C[C@H](C[C@H]3C[C@H]31)C(=O)C=C1CCCC[C@@H]12. The number of allylic oxidation sites excluding steroid dienone is 1. The van der Waals surface area contributed by atoms with E-state index in [1.54, 1.807) is 0 Å². The Labute approximate surface area is 109 Å². The largest absolute Gasteiger partial charge is 0.377 e. The summed E-state index contributed by atoms with van der Waals surface area (Å²) in [6, 6.07) is 0. The van der Waals surface area contributed by atoms with Crippen LogP contribution in [0.25, 0.3) is 0 Å². The van der Waals surface area contributed by atoms with E-state index >= 15 is 0 Å². The maximum atomic E-state index is 12.4. The van der Waals surface area contributed by atoms with Crippen LogP contribution in [0.15, 0.2) is 11.6 Å². The zero-order chi connectivity index (χ0) is 12.3. The first kappa shape index (κ1) is 11.2. The van der Waals surface area contributed by atoms with E-state index in [9.17, 15) is 4.79 Å². The molecule has 2 heteroatoms. The number of rotatable bonds is 1. The summed E-state index contributed by atoms with van der Waals surface area (Å²) >= 11 is 0. The molecule has 0 aromatic heterocycles. The molecule has 0 aromatic rings.